The maximum absolute atomic E-state index is 12.0. The number of ether oxygens (including phenoxy) is 1. The minimum atomic E-state index is -3.83. The third-order valence-electron chi connectivity index (χ3n) is 2.37. The zero-order chi connectivity index (χ0) is 15.3. The van der Waals surface area contributed by atoms with Crippen LogP contribution in [0.25, 0.3) is 0 Å². The monoisotopic (exact) mass is 300 g/mol. The summed E-state index contributed by atoms with van der Waals surface area (Å²) in [6.07, 6.45) is 0. The van der Waals surface area contributed by atoms with Crippen LogP contribution in [0.1, 0.15) is 12.5 Å². The molecule has 0 spiro atoms. The summed E-state index contributed by atoms with van der Waals surface area (Å²) in [5.41, 5.74) is 5.73. The molecule has 1 atom stereocenters. The zero-order valence-electron chi connectivity index (χ0n) is 11.1. The lowest BCUT2D eigenvalue weighted by atomic mass is 10.2. The lowest BCUT2D eigenvalue weighted by molar-refractivity contribution is -0.149. The molecule has 0 aliphatic rings. The van der Waals surface area contributed by atoms with E-state index in [-0.39, 0.29) is 4.90 Å². The second-order valence-corrected chi connectivity index (χ2v) is 5.94. The lowest BCUT2D eigenvalue weighted by Gasteiger charge is -2.13. The molecule has 0 unspecified atom stereocenters. The third kappa shape index (κ3) is 4.63. The van der Waals surface area contributed by atoms with E-state index in [0.29, 0.717) is 0 Å². The van der Waals surface area contributed by atoms with E-state index in [2.05, 4.69) is 9.46 Å². The van der Waals surface area contributed by atoms with E-state index in [1.165, 1.54) is 19.1 Å². The Hall–Kier alpha value is -1.93. The molecule has 7 nitrogen and oxygen atoms in total. The van der Waals surface area contributed by atoms with Crippen LogP contribution in [0.4, 0.5) is 0 Å². The average Bonchev–Trinajstić information content (AvgIpc) is 2.35. The molecule has 0 aromatic heterocycles. The van der Waals surface area contributed by atoms with E-state index in [9.17, 15) is 18.0 Å². The number of benzene rings is 1. The number of nitrogens with one attached hydrogen (secondary N) is 1. The van der Waals surface area contributed by atoms with Gasteiger partial charge in [0.1, 0.15) is 6.04 Å². The molecule has 0 heterocycles. The van der Waals surface area contributed by atoms with Crippen molar-refractivity contribution in [2.45, 2.75) is 24.8 Å². The molecule has 1 rings (SSSR count). The molecule has 0 aliphatic carbocycles. The van der Waals surface area contributed by atoms with Crippen LogP contribution in [0.15, 0.2) is 29.2 Å². The van der Waals surface area contributed by atoms with Crippen LogP contribution >= 0.6 is 0 Å². The van der Waals surface area contributed by atoms with E-state index in [1.54, 1.807) is 12.1 Å². The van der Waals surface area contributed by atoms with Crippen LogP contribution in [-0.4, -0.2) is 32.9 Å². The molecule has 0 saturated carbocycles. The van der Waals surface area contributed by atoms with E-state index < -0.39 is 34.5 Å². The largest absolute Gasteiger partial charge is 0.454 e. The van der Waals surface area contributed by atoms with E-state index in [0.717, 1.165) is 5.56 Å². The van der Waals surface area contributed by atoms with Crippen molar-refractivity contribution >= 4 is 21.9 Å². The fraction of sp³-hybridized carbons (Fsp3) is 0.333. The molecule has 0 radical (unpaired) electrons. The van der Waals surface area contributed by atoms with E-state index in [1.807, 2.05) is 6.92 Å². The summed E-state index contributed by atoms with van der Waals surface area (Å²) in [4.78, 5) is 22.0. The van der Waals surface area contributed by atoms with Gasteiger partial charge in [0.25, 0.3) is 5.91 Å². The van der Waals surface area contributed by atoms with Crippen LogP contribution in [-0.2, 0) is 24.3 Å². The van der Waals surface area contributed by atoms with Crippen LogP contribution in [0.5, 0.6) is 0 Å². The highest BCUT2D eigenvalue weighted by Gasteiger charge is 2.23. The highest BCUT2D eigenvalue weighted by atomic mass is 32.2. The smallest absolute Gasteiger partial charge is 0.324 e. The molecular formula is C12H16N2O5S. The number of aryl methyl sites for hydroxylation is 1. The first-order valence-electron chi connectivity index (χ1n) is 5.76. The Kier molecular flexibility index (Phi) is 5.23. The standard InChI is InChI=1S/C12H16N2O5S/c1-8-3-5-10(6-4-8)20(17,18)14-9(2)12(16)19-7-11(13)15/h3-6,9,14H,7H2,1-2H3,(H2,13,15)/t9-/m0/s1. The number of hydrogen-bond acceptors (Lipinski definition) is 5. The molecule has 0 aliphatic heterocycles. The van der Waals surface area contributed by atoms with Gasteiger partial charge in [0.15, 0.2) is 6.61 Å². The summed E-state index contributed by atoms with van der Waals surface area (Å²) in [5.74, 6) is -1.69. The summed E-state index contributed by atoms with van der Waals surface area (Å²) >= 11 is 0. The Balaban J connectivity index is 2.73. The van der Waals surface area contributed by atoms with Gasteiger partial charge in [-0.25, -0.2) is 8.42 Å². The molecule has 0 bridgehead atoms. The summed E-state index contributed by atoms with van der Waals surface area (Å²) in [5, 5.41) is 0. The number of carbonyl (C=O) groups excluding carboxylic acids is 2. The fourth-order valence-electron chi connectivity index (χ4n) is 1.33. The number of primary amides is 1. The van der Waals surface area contributed by atoms with Gasteiger partial charge < -0.3 is 10.5 Å². The Bertz CT molecular complexity index is 595. The molecule has 110 valence electrons. The Morgan fingerprint density at radius 1 is 1.30 bits per heavy atom. The maximum Gasteiger partial charge on any atom is 0.324 e. The fourth-order valence-corrected chi connectivity index (χ4v) is 2.53. The van der Waals surface area contributed by atoms with Crippen molar-refractivity contribution < 1.29 is 22.7 Å². The van der Waals surface area contributed by atoms with E-state index in [4.69, 9.17) is 5.73 Å². The van der Waals surface area contributed by atoms with Crippen LogP contribution < -0.4 is 10.5 Å². The predicted octanol–water partition coefficient (Wildman–Crippen LogP) is -0.310. The van der Waals surface area contributed by atoms with Crippen molar-refractivity contribution in [3.05, 3.63) is 29.8 Å². The Labute approximate surface area is 117 Å². The molecular weight excluding hydrogens is 284 g/mol. The molecule has 0 fully saturated rings. The normalized spacial score (nSPS) is 12.7. The van der Waals surface area contributed by atoms with Gasteiger partial charge in [-0.2, -0.15) is 4.72 Å². The number of esters is 1. The van der Waals surface area contributed by atoms with Crippen molar-refractivity contribution in [3.63, 3.8) is 0 Å². The third-order valence-corrected chi connectivity index (χ3v) is 3.93. The van der Waals surface area contributed by atoms with Crippen molar-refractivity contribution in [2.24, 2.45) is 5.73 Å². The number of nitrogens with two attached hydrogens (primary N) is 1. The summed E-state index contributed by atoms with van der Waals surface area (Å²) in [7, 11) is -3.83. The van der Waals surface area contributed by atoms with Gasteiger partial charge in [0, 0.05) is 0 Å². The number of rotatable bonds is 6. The quantitative estimate of drug-likeness (QED) is 0.699. The van der Waals surface area contributed by atoms with Crippen LogP contribution in [0.3, 0.4) is 0 Å². The first-order valence-corrected chi connectivity index (χ1v) is 7.24. The molecule has 1 aromatic rings. The minimum Gasteiger partial charge on any atom is -0.454 e. The lowest BCUT2D eigenvalue weighted by Crippen LogP contribution is -2.40. The predicted molar refractivity (Wildman–Crippen MR) is 71.1 cm³/mol. The highest BCUT2D eigenvalue weighted by molar-refractivity contribution is 7.89. The zero-order valence-corrected chi connectivity index (χ0v) is 11.9. The highest BCUT2D eigenvalue weighted by Crippen LogP contribution is 2.10. The summed E-state index contributed by atoms with van der Waals surface area (Å²) in [6, 6.07) is 5.02. The number of carbonyl (C=O) groups is 2. The molecule has 3 N–H and O–H groups in total. The van der Waals surface area contributed by atoms with Crippen molar-refractivity contribution in [2.75, 3.05) is 6.61 Å². The van der Waals surface area contributed by atoms with Crippen molar-refractivity contribution in [1.29, 1.82) is 0 Å². The molecule has 20 heavy (non-hydrogen) atoms. The van der Waals surface area contributed by atoms with Crippen LogP contribution in [0.2, 0.25) is 0 Å². The molecule has 8 heteroatoms. The summed E-state index contributed by atoms with van der Waals surface area (Å²) in [6.45, 7) is 2.55. The molecule has 1 aromatic carbocycles. The van der Waals surface area contributed by atoms with Crippen molar-refractivity contribution in [3.8, 4) is 0 Å². The second kappa shape index (κ2) is 6.49. The van der Waals surface area contributed by atoms with Gasteiger partial charge in [-0.05, 0) is 26.0 Å². The second-order valence-electron chi connectivity index (χ2n) is 4.23. The SMILES string of the molecule is Cc1ccc(S(=O)(=O)N[C@@H](C)C(=O)OCC(N)=O)cc1. The Morgan fingerprint density at radius 3 is 2.35 bits per heavy atom. The Morgan fingerprint density at radius 2 is 1.85 bits per heavy atom. The average molecular weight is 300 g/mol. The van der Waals surface area contributed by atoms with Gasteiger partial charge in [0.2, 0.25) is 10.0 Å². The molecule has 1 amide bonds. The maximum atomic E-state index is 12.0. The summed E-state index contributed by atoms with van der Waals surface area (Å²) < 4.78 is 30.7. The van der Waals surface area contributed by atoms with Gasteiger partial charge in [-0.15, -0.1) is 0 Å². The first kappa shape index (κ1) is 16.1. The van der Waals surface area contributed by atoms with Gasteiger partial charge in [0.05, 0.1) is 4.90 Å². The van der Waals surface area contributed by atoms with Gasteiger partial charge in [-0.1, -0.05) is 17.7 Å². The topological polar surface area (TPSA) is 116 Å². The van der Waals surface area contributed by atoms with Gasteiger partial charge >= 0.3 is 5.97 Å². The first-order chi connectivity index (χ1) is 9.22. The number of hydrogen-bond donors (Lipinski definition) is 2. The number of sulfonamides is 1. The van der Waals surface area contributed by atoms with Gasteiger partial charge in [-0.3, -0.25) is 9.59 Å². The van der Waals surface area contributed by atoms with E-state index >= 15 is 0 Å². The number of amides is 1. The molecule has 0 saturated heterocycles. The minimum absolute atomic E-state index is 0.0395. The van der Waals surface area contributed by atoms with Crippen LogP contribution in [0, 0.1) is 6.92 Å². The van der Waals surface area contributed by atoms with Crippen molar-refractivity contribution in [1.82, 2.24) is 4.72 Å².